The molecule has 1 saturated heterocycles. The van der Waals surface area contributed by atoms with Crippen LogP contribution in [0.4, 0.5) is 5.82 Å². The number of nitrogens with zero attached hydrogens (tertiary/aromatic N) is 4. The summed E-state index contributed by atoms with van der Waals surface area (Å²) in [6, 6.07) is 8.23. The maximum absolute atomic E-state index is 13.8. The number of amides is 1. The summed E-state index contributed by atoms with van der Waals surface area (Å²) >= 11 is 6.13. The van der Waals surface area contributed by atoms with Crippen molar-refractivity contribution in [2.45, 2.75) is 69.4 Å². The van der Waals surface area contributed by atoms with Crippen LogP contribution in [0.3, 0.4) is 0 Å². The summed E-state index contributed by atoms with van der Waals surface area (Å²) in [6.07, 6.45) is 7.96. The zero-order valence-electron chi connectivity index (χ0n) is 21.3. The molecule has 2 fully saturated rings. The zero-order chi connectivity index (χ0) is 24.4. The molecule has 204 valence electrons. The first-order valence-corrected chi connectivity index (χ1v) is 13.4. The number of carbonyl (C=O) groups is 1. The van der Waals surface area contributed by atoms with Crippen LogP contribution in [-0.4, -0.2) is 64.6 Å². The van der Waals surface area contributed by atoms with Crippen LogP contribution in [-0.2, 0) is 4.79 Å². The number of hydrogen-bond donors (Lipinski definition) is 2. The molecule has 37 heavy (non-hydrogen) atoms. The molecule has 3 atom stereocenters. The second-order valence-electron chi connectivity index (χ2n) is 10.3. The van der Waals surface area contributed by atoms with E-state index in [-0.39, 0.29) is 42.6 Å². The van der Waals surface area contributed by atoms with Crippen molar-refractivity contribution in [1.82, 2.24) is 20.2 Å². The number of piperazine rings is 1. The Morgan fingerprint density at radius 2 is 1.76 bits per heavy atom. The van der Waals surface area contributed by atoms with Gasteiger partial charge < -0.3 is 20.2 Å². The standard InChI is InChI=1S/C27H36ClN5O2.2ClH/c1-18-15-23(34)25-24(18)26(31-17-30-25)32-11-13-33(14-12-32)27(35)22(19-7-9-20(28)10-8-19)16-29-21-5-3-2-4-6-21;;/h7-10,17-18,21-23,29,34H,2-6,11-16H2,1H3;2*1H/t18-,22-,23-;;/m1../s1. The SMILES string of the molecule is C[C@@H]1C[C@@H](O)c2ncnc(N3CCN(C(=O)[C@H](CNC4CCCCC4)c4ccc(Cl)cc4)CC3)c21.Cl.Cl. The fourth-order valence-electron chi connectivity index (χ4n) is 5.95. The van der Waals surface area contributed by atoms with Crippen LogP contribution in [0.5, 0.6) is 0 Å². The van der Waals surface area contributed by atoms with E-state index in [0.717, 1.165) is 35.7 Å². The van der Waals surface area contributed by atoms with Crippen molar-refractivity contribution in [2.24, 2.45) is 0 Å². The van der Waals surface area contributed by atoms with Gasteiger partial charge in [0.25, 0.3) is 0 Å². The topological polar surface area (TPSA) is 81.6 Å². The smallest absolute Gasteiger partial charge is 0.231 e. The average Bonchev–Trinajstić information content (AvgIpc) is 3.19. The van der Waals surface area contributed by atoms with E-state index in [1.807, 2.05) is 29.2 Å². The number of aromatic nitrogens is 2. The molecule has 1 aromatic heterocycles. The number of nitrogens with one attached hydrogen (secondary N) is 1. The number of aliphatic hydroxyl groups excluding tert-OH is 1. The minimum absolute atomic E-state index is 0. The van der Waals surface area contributed by atoms with E-state index in [2.05, 4.69) is 27.1 Å². The van der Waals surface area contributed by atoms with Gasteiger partial charge in [-0.3, -0.25) is 4.79 Å². The van der Waals surface area contributed by atoms with Gasteiger partial charge in [-0.1, -0.05) is 49.9 Å². The molecule has 1 amide bonds. The molecule has 2 N–H and O–H groups in total. The number of fused-ring (bicyclic) bond motifs is 1. The Morgan fingerprint density at radius 3 is 2.43 bits per heavy atom. The largest absolute Gasteiger partial charge is 0.387 e. The summed E-state index contributed by atoms with van der Waals surface area (Å²) in [5.74, 6) is 1.10. The van der Waals surface area contributed by atoms with Gasteiger partial charge in [-0.15, -0.1) is 24.8 Å². The molecule has 0 spiro atoms. The van der Waals surface area contributed by atoms with Gasteiger partial charge in [0.05, 0.1) is 17.7 Å². The highest BCUT2D eigenvalue weighted by atomic mass is 35.5. The van der Waals surface area contributed by atoms with Crippen molar-refractivity contribution in [3.8, 4) is 0 Å². The Labute approximate surface area is 237 Å². The molecule has 7 nitrogen and oxygen atoms in total. The van der Waals surface area contributed by atoms with Crippen LogP contribution in [0.15, 0.2) is 30.6 Å². The number of anilines is 1. The number of aliphatic hydroxyl groups is 1. The van der Waals surface area contributed by atoms with E-state index < -0.39 is 6.10 Å². The number of rotatable bonds is 6. The predicted octanol–water partition coefficient (Wildman–Crippen LogP) is 4.87. The molecule has 10 heteroatoms. The van der Waals surface area contributed by atoms with Gasteiger partial charge >= 0.3 is 0 Å². The van der Waals surface area contributed by atoms with Gasteiger partial charge in [0, 0.05) is 49.4 Å². The third-order valence-corrected chi connectivity index (χ3v) is 8.21. The monoisotopic (exact) mass is 569 g/mol. The maximum atomic E-state index is 13.8. The Kier molecular flexibility index (Phi) is 10.9. The Bertz CT molecular complexity index is 1030. The van der Waals surface area contributed by atoms with Crippen molar-refractivity contribution in [3.05, 3.63) is 52.4 Å². The molecule has 5 rings (SSSR count). The summed E-state index contributed by atoms with van der Waals surface area (Å²) in [6.45, 7) is 5.53. The van der Waals surface area contributed by atoms with E-state index in [0.29, 0.717) is 37.1 Å². The van der Waals surface area contributed by atoms with E-state index in [9.17, 15) is 9.90 Å². The van der Waals surface area contributed by atoms with Gasteiger partial charge in [-0.2, -0.15) is 0 Å². The summed E-state index contributed by atoms with van der Waals surface area (Å²) in [5.41, 5.74) is 2.84. The van der Waals surface area contributed by atoms with Crippen LogP contribution in [0.1, 0.15) is 80.2 Å². The average molecular weight is 571 g/mol. The molecule has 0 radical (unpaired) electrons. The first-order chi connectivity index (χ1) is 17.0. The molecule has 1 aromatic carbocycles. The van der Waals surface area contributed by atoms with Gasteiger partial charge in [0.15, 0.2) is 0 Å². The Balaban J connectivity index is 0.00000190. The molecule has 3 aliphatic rings. The molecule has 0 bridgehead atoms. The van der Waals surface area contributed by atoms with Crippen LogP contribution in [0.2, 0.25) is 5.02 Å². The fraction of sp³-hybridized carbons (Fsp3) is 0.593. The van der Waals surface area contributed by atoms with E-state index in [4.69, 9.17) is 11.6 Å². The van der Waals surface area contributed by atoms with Crippen molar-refractivity contribution in [2.75, 3.05) is 37.6 Å². The third-order valence-electron chi connectivity index (χ3n) is 7.96. The van der Waals surface area contributed by atoms with E-state index >= 15 is 0 Å². The highest BCUT2D eigenvalue weighted by Gasteiger charge is 2.35. The number of halogens is 3. The van der Waals surface area contributed by atoms with Crippen molar-refractivity contribution in [3.63, 3.8) is 0 Å². The second kappa shape index (κ2) is 13.4. The number of benzene rings is 1. The summed E-state index contributed by atoms with van der Waals surface area (Å²) in [5, 5.41) is 14.7. The predicted molar refractivity (Wildman–Crippen MR) is 152 cm³/mol. The quantitative estimate of drug-likeness (QED) is 0.516. The van der Waals surface area contributed by atoms with Gasteiger partial charge in [0.1, 0.15) is 12.1 Å². The highest BCUT2D eigenvalue weighted by molar-refractivity contribution is 6.30. The lowest BCUT2D eigenvalue weighted by molar-refractivity contribution is -0.133. The van der Waals surface area contributed by atoms with Crippen molar-refractivity contribution >= 4 is 48.1 Å². The van der Waals surface area contributed by atoms with Crippen LogP contribution >= 0.6 is 36.4 Å². The highest BCUT2D eigenvalue weighted by Crippen LogP contribution is 2.42. The van der Waals surface area contributed by atoms with Gasteiger partial charge in [-0.05, 0) is 42.9 Å². The molecular weight excluding hydrogens is 533 g/mol. The second-order valence-corrected chi connectivity index (χ2v) is 10.7. The molecule has 2 aliphatic carbocycles. The maximum Gasteiger partial charge on any atom is 0.231 e. The molecule has 0 unspecified atom stereocenters. The Morgan fingerprint density at radius 1 is 1.08 bits per heavy atom. The van der Waals surface area contributed by atoms with Gasteiger partial charge in [0.2, 0.25) is 5.91 Å². The first-order valence-electron chi connectivity index (χ1n) is 13.1. The van der Waals surface area contributed by atoms with Crippen molar-refractivity contribution < 1.29 is 9.90 Å². The molecule has 1 aliphatic heterocycles. The van der Waals surface area contributed by atoms with Crippen LogP contribution < -0.4 is 10.2 Å². The zero-order valence-corrected chi connectivity index (χ0v) is 23.7. The molecular formula is C27H38Cl3N5O2. The summed E-state index contributed by atoms with van der Waals surface area (Å²) in [7, 11) is 0. The van der Waals surface area contributed by atoms with Crippen LogP contribution in [0.25, 0.3) is 0 Å². The van der Waals surface area contributed by atoms with Crippen molar-refractivity contribution in [1.29, 1.82) is 0 Å². The lowest BCUT2D eigenvalue weighted by Crippen LogP contribution is -2.51. The number of hydrogen-bond acceptors (Lipinski definition) is 6. The van der Waals surface area contributed by atoms with Gasteiger partial charge in [-0.25, -0.2) is 9.97 Å². The lowest BCUT2D eigenvalue weighted by Gasteiger charge is -2.38. The van der Waals surface area contributed by atoms with Crippen LogP contribution in [0, 0.1) is 0 Å². The Hall–Kier alpha value is -1.64. The van der Waals surface area contributed by atoms with E-state index in [1.165, 1.54) is 32.1 Å². The molecule has 1 saturated carbocycles. The minimum Gasteiger partial charge on any atom is -0.387 e. The third kappa shape index (κ3) is 6.69. The lowest BCUT2D eigenvalue weighted by atomic mass is 9.93. The molecule has 2 heterocycles. The first kappa shape index (κ1) is 29.9. The summed E-state index contributed by atoms with van der Waals surface area (Å²) in [4.78, 5) is 26.9. The normalized spacial score (nSPS) is 22.6. The van der Waals surface area contributed by atoms with E-state index in [1.54, 1.807) is 6.33 Å². The minimum atomic E-state index is -0.513. The summed E-state index contributed by atoms with van der Waals surface area (Å²) < 4.78 is 0. The number of carbonyl (C=O) groups excluding carboxylic acids is 1. The fourth-order valence-corrected chi connectivity index (χ4v) is 6.07. The molecule has 2 aromatic rings.